The first kappa shape index (κ1) is 13.5. The standard InChI is InChI=1S/C13H15ClN2OS/c1-8(15)5-10-6-11(14)3-4-12(10)18-13-16-9(2)7-17-13/h3-4,6-8H,5,15H2,1-2H3. The molecule has 1 atom stereocenters. The zero-order valence-corrected chi connectivity index (χ0v) is 11.9. The highest BCUT2D eigenvalue weighted by Crippen LogP contribution is 2.32. The van der Waals surface area contributed by atoms with Crippen molar-refractivity contribution in [3.63, 3.8) is 0 Å². The minimum atomic E-state index is 0.0918. The molecule has 1 unspecified atom stereocenters. The van der Waals surface area contributed by atoms with Gasteiger partial charge in [0.1, 0.15) is 6.26 Å². The van der Waals surface area contributed by atoms with Crippen molar-refractivity contribution < 1.29 is 4.42 Å². The molecule has 0 aliphatic carbocycles. The van der Waals surface area contributed by atoms with Crippen LogP contribution >= 0.6 is 23.4 Å². The molecule has 0 saturated heterocycles. The fourth-order valence-corrected chi connectivity index (χ4v) is 2.71. The van der Waals surface area contributed by atoms with E-state index in [1.807, 2.05) is 32.0 Å². The van der Waals surface area contributed by atoms with Gasteiger partial charge in [-0.15, -0.1) is 0 Å². The van der Waals surface area contributed by atoms with E-state index in [2.05, 4.69) is 4.98 Å². The SMILES string of the molecule is Cc1coc(Sc2ccc(Cl)cc2CC(C)N)n1. The van der Waals surface area contributed by atoms with Crippen molar-refractivity contribution >= 4 is 23.4 Å². The van der Waals surface area contributed by atoms with Gasteiger partial charge in [0.15, 0.2) is 0 Å². The average Bonchev–Trinajstić information content (AvgIpc) is 2.67. The molecule has 0 saturated carbocycles. The molecule has 3 nitrogen and oxygen atoms in total. The van der Waals surface area contributed by atoms with E-state index in [1.165, 1.54) is 11.8 Å². The van der Waals surface area contributed by atoms with E-state index in [-0.39, 0.29) is 6.04 Å². The number of halogens is 1. The van der Waals surface area contributed by atoms with Crippen molar-refractivity contribution in [1.29, 1.82) is 0 Å². The van der Waals surface area contributed by atoms with Gasteiger partial charge in [-0.2, -0.15) is 0 Å². The molecule has 96 valence electrons. The molecule has 0 amide bonds. The maximum absolute atomic E-state index is 6.02. The summed E-state index contributed by atoms with van der Waals surface area (Å²) in [6.45, 7) is 3.88. The first-order chi connectivity index (χ1) is 8.54. The summed E-state index contributed by atoms with van der Waals surface area (Å²) in [4.78, 5) is 5.36. The lowest BCUT2D eigenvalue weighted by Crippen LogP contribution is -2.18. The van der Waals surface area contributed by atoms with E-state index in [4.69, 9.17) is 21.8 Å². The number of hydrogen-bond donors (Lipinski definition) is 1. The third-order valence-corrected chi connectivity index (χ3v) is 3.58. The lowest BCUT2D eigenvalue weighted by molar-refractivity contribution is 0.454. The number of oxazole rings is 1. The van der Waals surface area contributed by atoms with E-state index >= 15 is 0 Å². The maximum atomic E-state index is 6.02. The van der Waals surface area contributed by atoms with Gasteiger partial charge in [0.25, 0.3) is 5.22 Å². The lowest BCUT2D eigenvalue weighted by Gasteiger charge is -2.10. The Hall–Kier alpha value is -0.970. The van der Waals surface area contributed by atoms with Gasteiger partial charge in [-0.05, 0) is 55.8 Å². The Labute approximate surface area is 116 Å². The molecule has 0 spiro atoms. The van der Waals surface area contributed by atoms with Gasteiger partial charge in [-0.3, -0.25) is 0 Å². The number of hydrogen-bond acceptors (Lipinski definition) is 4. The van der Waals surface area contributed by atoms with Gasteiger partial charge < -0.3 is 10.2 Å². The number of rotatable bonds is 4. The second kappa shape index (κ2) is 5.78. The minimum Gasteiger partial charge on any atom is -0.439 e. The van der Waals surface area contributed by atoms with Gasteiger partial charge >= 0.3 is 0 Å². The summed E-state index contributed by atoms with van der Waals surface area (Å²) in [6, 6.07) is 5.88. The van der Waals surface area contributed by atoms with Crippen LogP contribution in [0.1, 0.15) is 18.2 Å². The highest BCUT2D eigenvalue weighted by atomic mass is 35.5. The number of nitrogens with zero attached hydrogens (tertiary/aromatic N) is 1. The smallest absolute Gasteiger partial charge is 0.260 e. The van der Waals surface area contributed by atoms with Crippen molar-refractivity contribution in [2.75, 3.05) is 0 Å². The number of aromatic nitrogens is 1. The molecule has 0 radical (unpaired) electrons. The summed E-state index contributed by atoms with van der Waals surface area (Å²) in [7, 11) is 0. The fraction of sp³-hybridized carbons (Fsp3) is 0.308. The van der Waals surface area contributed by atoms with Crippen LogP contribution in [0.4, 0.5) is 0 Å². The molecular weight excluding hydrogens is 268 g/mol. The Morgan fingerprint density at radius 1 is 1.50 bits per heavy atom. The molecule has 0 aliphatic rings. The predicted molar refractivity (Wildman–Crippen MR) is 74.2 cm³/mol. The van der Waals surface area contributed by atoms with Crippen molar-refractivity contribution in [2.45, 2.75) is 36.4 Å². The zero-order chi connectivity index (χ0) is 13.1. The van der Waals surface area contributed by atoms with E-state index < -0.39 is 0 Å². The summed E-state index contributed by atoms with van der Waals surface area (Å²) in [5, 5.41) is 1.36. The third-order valence-electron chi connectivity index (χ3n) is 2.36. The Morgan fingerprint density at radius 2 is 2.28 bits per heavy atom. The Balaban J connectivity index is 2.26. The monoisotopic (exact) mass is 282 g/mol. The van der Waals surface area contributed by atoms with Crippen LogP contribution in [0.3, 0.4) is 0 Å². The van der Waals surface area contributed by atoms with Crippen LogP contribution in [-0.2, 0) is 6.42 Å². The topological polar surface area (TPSA) is 52.0 Å². The molecule has 0 aliphatic heterocycles. The molecule has 0 bridgehead atoms. The molecule has 1 heterocycles. The molecule has 0 fully saturated rings. The zero-order valence-electron chi connectivity index (χ0n) is 10.3. The largest absolute Gasteiger partial charge is 0.439 e. The number of nitrogens with two attached hydrogens (primary N) is 1. The highest BCUT2D eigenvalue weighted by molar-refractivity contribution is 7.99. The predicted octanol–water partition coefficient (Wildman–Crippen LogP) is 3.68. The number of benzene rings is 1. The second-order valence-electron chi connectivity index (χ2n) is 4.29. The van der Waals surface area contributed by atoms with Crippen molar-refractivity contribution in [3.05, 3.63) is 40.7 Å². The normalized spacial score (nSPS) is 12.7. The van der Waals surface area contributed by atoms with Crippen LogP contribution in [0.15, 0.2) is 39.0 Å². The molecule has 5 heteroatoms. The molecule has 2 N–H and O–H groups in total. The number of aryl methyl sites for hydroxylation is 1. The van der Waals surface area contributed by atoms with Crippen LogP contribution in [0.25, 0.3) is 0 Å². The quantitative estimate of drug-likeness (QED) is 0.929. The molecule has 1 aromatic heterocycles. The third kappa shape index (κ3) is 3.51. The van der Waals surface area contributed by atoms with E-state index in [0.717, 1.165) is 27.6 Å². The highest BCUT2D eigenvalue weighted by Gasteiger charge is 2.10. The van der Waals surface area contributed by atoms with E-state index in [0.29, 0.717) is 5.22 Å². The molecule has 18 heavy (non-hydrogen) atoms. The van der Waals surface area contributed by atoms with Gasteiger partial charge in [-0.25, -0.2) is 4.98 Å². The van der Waals surface area contributed by atoms with Gasteiger partial charge in [0, 0.05) is 16.0 Å². The summed E-state index contributed by atoms with van der Waals surface area (Å²) >= 11 is 7.51. The van der Waals surface area contributed by atoms with E-state index in [1.54, 1.807) is 6.26 Å². The fourth-order valence-electron chi connectivity index (χ4n) is 1.63. The molecule has 2 rings (SSSR count). The average molecular weight is 283 g/mol. The van der Waals surface area contributed by atoms with E-state index in [9.17, 15) is 0 Å². The van der Waals surface area contributed by atoms with Crippen molar-refractivity contribution in [1.82, 2.24) is 4.98 Å². The van der Waals surface area contributed by atoms with Gasteiger partial charge in [0.2, 0.25) is 0 Å². The lowest BCUT2D eigenvalue weighted by atomic mass is 10.1. The molecule has 1 aromatic carbocycles. The van der Waals surface area contributed by atoms with Crippen LogP contribution < -0.4 is 5.73 Å². The van der Waals surface area contributed by atoms with Gasteiger partial charge in [0.05, 0.1) is 5.69 Å². The van der Waals surface area contributed by atoms with Crippen LogP contribution in [0, 0.1) is 6.92 Å². The maximum Gasteiger partial charge on any atom is 0.260 e. The minimum absolute atomic E-state index is 0.0918. The molecule has 2 aromatic rings. The van der Waals surface area contributed by atoms with Gasteiger partial charge in [-0.1, -0.05) is 11.6 Å². The van der Waals surface area contributed by atoms with Crippen molar-refractivity contribution in [3.8, 4) is 0 Å². The first-order valence-electron chi connectivity index (χ1n) is 5.68. The van der Waals surface area contributed by atoms with Crippen LogP contribution in [0.2, 0.25) is 5.02 Å². The van der Waals surface area contributed by atoms with Crippen LogP contribution in [0.5, 0.6) is 0 Å². The summed E-state index contributed by atoms with van der Waals surface area (Å²) in [5.74, 6) is 0. The Morgan fingerprint density at radius 3 is 2.89 bits per heavy atom. The Kier molecular flexibility index (Phi) is 4.32. The Bertz CT molecular complexity index is 540. The molecular formula is C13H15ClN2OS. The first-order valence-corrected chi connectivity index (χ1v) is 6.88. The summed E-state index contributed by atoms with van der Waals surface area (Å²) in [5.41, 5.74) is 7.85. The second-order valence-corrected chi connectivity index (χ2v) is 5.72. The van der Waals surface area contributed by atoms with Crippen molar-refractivity contribution in [2.24, 2.45) is 5.73 Å². The van der Waals surface area contributed by atoms with Crippen LogP contribution in [-0.4, -0.2) is 11.0 Å². The summed E-state index contributed by atoms with van der Waals surface area (Å²) < 4.78 is 5.35. The summed E-state index contributed by atoms with van der Waals surface area (Å²) in [6.07, 6.45) is 2.42.